The summed E-state index contributed by atoms with van der Waals surface area (Å²) in [6.07, 6.45) is 0.181. The van der Waals surface area contributed by atoms with E-state index in [1.807, 2.05) is 0 Å². The highest BCUT2D eigenvalue weighted by molar-refractivity contribution is 7.12. The van der Waals surface area contributed by atoms with Crippen LogP contribution in [-0.4, -0.2) is 59.6 Å². The minimum atomic E-state index is -0.958. The number of nitrogens with zero attached hydrogens (tertiary/aromatic N) is 1. The van der Waals surface area contributed by atoms with Gasteiger partial charge in [-0.3, -0.25) is 14.4 Å². The van der Waals surface area contributed by atoms with Crippen molar-refractivity contribution in [3.63, 3.8) is 0 Å². The van der Waals surface area contributed by atoms with Crippen LogP contribution in [0.4, 0.5) is 0 Å². The molecule has 0 spiro atoms. The van der Waals surface area contributed by atoms with Gasteiger partial charge in [0.1, 0.15) is 6.04 Å². The average molecular weight is 340 g/mol. The normalized spacial score (nSPS) is 21.9. The number of hydrogen-bond donors (Lipinski definition) is 2. The molecule has 2 N–H and O–H groups in total. The molecule has 126 valence electrons. The van der Waals surface area contributed by atoms with Gasteiger partial charge >= 0.3 is 5.97 Å². The van der Waals surface area contributed by atoms with Gasteiger partial charge < -0.3 is 20.1 Å². The Morgan fingerprint density at radius 3 is 2.83 bits per heavy atom. The molecular weight excluding hydrogens is 320 g/mol. The first kappa shape index (κ1) is 17.4. The lowest BCUT2D eigenvalue weighted by atomic mass is 10.1. The molecule has 8 heteroatoms. The Morgan fingerprint density at radius 2 is 2.26 bits per heavy atom. The lowest BCUT2D eigenvalue weighted by Gasteiger charge is -2.26. The minimum absolute atomic E-state index is 0.128. The van der Waals surface area contributed by atoms with Gasteiger partial charge in [0.05, 0.1) is 17.4 Å². The number of hydrogen-bond acceptors (Lipinski definition) is 5. The van der Waals surface area contributed by atoms with E-state index in [4.69, 9.17) is 9.84 Å². The first-order valence-corrected chi connectivity index (χ1v) is 8.19. The van der Waals surface area contributed by atoms with E-state index in [0.29, 0.717) is 17.8 Å². The maximum atomic E-state index is 12.6. The molecule has 2 heterocycles. The molecular formula is C15H20N2O5S. The Hall–Kier alpha value is -1.93. The molecule has 1 aromatic heterocycles. The van der Waals surface area contributed by atoms with E-state index < -0.39 is 18.1 Å². The van der Waals surface area contributed by atoms with Gasteiger partial charge in [0, 0.05) is 19.7 Å². The van der Waals surface area contributed by atoms with E-state index in [-0.39, 0.29) is 24.3 Å². The van der Waals surface area contributed by atoms with Crippen LogP contribution in [0.3, 0.4) is 0 Å². The van der Waals surface area contributed by atoms with Crippen molar-refractivity contribution in [3.8, 4) is 0 Å². The van der Waals surface area contributed by atoms with Gasteiger partial charge in [0.15, 0.2) is 0 Å². The van der Waals surface area contributed by atoms with Crippen molar-refractivity contribution in [2.24, 2.45) is 0 Å². The number of aliphatic carboxylic acids is 1. The SMILES string of the molecule is COC1CC(CC(=O)O)N(C(=O)C(C)NC(=O)c2cccs2)C1. The number of ether oxygens (including phenoxy) is 1. The predicted molar refractivity (Wildman–Crippen MR) is 84.4 cm³/mol. The third-order valence-electron chi connectivity index (χ3n) is 3.87. The highest BCUT2D eigenvalue weighted by atomic mass is 32.1. The van der Waals surface area contributed by atoms with Gasteiger partial charge in [-0.2, -0.15) is 0 Å². The van der Waals surface area contributed by atoms with Gasteiger partial charge in [-0.25, -0.2) is 0 Å². The molecule has 0 aliphatic carbocycles. The second-order valence-corrected chi connectivity index (χ2v) is 6.46. The molecule has 2 amide bonds. The van der Waals surface area contributed by atoms with Crippen LogP contribution in [0.25, 0.3) is 0 Å². The first-order chi connectivity index (χ1) is 10.9. The fourth-order valence-electron chi connectivity index (χ4n) is 2.70. The van der Waals surface area contributed by atoms with Crippen LogP contribution < -0.4 is 5.32 Å². The molecule has 3 unspecified atom stereocenters. The van der Waals surface area contributed by atoms with Crippen molar-refractivity contribution in [3.05, 3.63) is 22.4 Å². The fourth-order valence-corrected chi connectivity index (χ4v) is 3.32. The number of rotatable bonds is 6. The molecule has 1 fully saturated rings. The van der Waals surface area contributed by atoms with Gasteiger partial charge in [-0.05, 0) is 24.8 Å². The molecule has 0 radical (unpaired) electrons. The summed E-state index contributed by atoms with van der Waals surface area (Å²) >= 11 is 1.30. The Labute approximate surface area is 138 Å². The number of carboxylic acids is 1. The number of carboxylic acid groups (broad SMARTS) is 1. The molecule has 7 nitrogen and oxygen atoms in total. The van der Waals surface area contributed by atoms with E-state index >= 15 is 0 Å². The minimum Gasteiger partial charge on any atom is -0.481 e. The van der Waals surface area contributed by atoms with Crippen LogP contribution in [0.1, 0.15) is 29.4 Å². The smallest absolute Gasteiger partial charge is 0.305 e. The maximum absolute atomic E-state index is 12.6. The number of thiophene rings is 1. The highest BCUT2D eigenvalue weighted by Crippen LogP contribution is 2.23. The third-order valence-corrected chi connectivity index (χ3v) is 4.73. The summed E-state index contributed by atoms with van der Waals surface area (Å²) in [5, 5.41) is 13.4. The standard InChI is InChI=1S/C15H20N2O5S/c1-9(16-14(20)12-4-3-5-23-12)15(21)17-8-11(22-2)6-10(17)7-13(18)19/h3-5,9-11H,6-8H2,1-2H3,(H,16,20)(H,18,19). The van der Waals surface area contributed by atoms with Crippen molar-refractivity contribution >= 4 is 29.1 Å². The summed E-state index contributed by atoms with van der Waals surface area (Å²) in [4.78, 5) is 37.6. The van der Waals surface area contributed by atoms with Gasteiger partial charge in [-0.1, -0.05) is 6.07 Å². The number of amides is 2. The number of likely N-dealkylation sites (tertiary alicyclic amines) is 1. The topological polar surface area (TPSA) is 95.9 Å². The zero-order chi connectivity index (χ0) is 17.0. The van der Waals surface area contributed by atoms with E-state index in [1.54, 1.807) is 31.5 Å². The second-order valence-electron chi connectivity index (χ2n) is 5.51. The van der Waals surface area contributed by atoms with Crippen molar-refractivity contribution in [2.75, 3.05) is 13.7 Å². The average Bonchev–Trinajstić information content (AvgIpc) is 3.15. The van der Waals surface area contributed by atoms with Crippen molar-refractivity contribution in [1.29, 1.82) is 0 Å². The zero-order valence-electron chi connectivity index (χ0n) is 13.0. The summed E-state index contributed by atoms with van der Waals surface area (Å²) in [5.74, 6) is -1.56. The molecule has 1 saturated heterocycles. The summed E-state index contributed by atoms with van der Waals surface area (Å²) < 4.78 is 5.25. The lowest BCUT2D eigenvalue weighted by Crippen LogP contribution is -2.49. The quantitative estimate of drug-likeness (QED) is 0.804. The fraction of sp³-hybridized carbons (Fsp3) is 0.533. The summed E-state index contributed by atoms with van der Waals surface area (Å²) in [5.41, 5.74) is 0. The molecule has 0 bridgehead atoms. The number of carbonyl (C=O) groups is 3. The molecule has 1 aliphatic rings. The summed E-state index contributed by atoms with van der Waals surface area (Å²) in [6.45, 7) is 1.94. The van der Waals surface area contributed by atoms with E-state index in [9.17, 15) is 14.4 Å². The summed E-state index contributed by atoms with van der Waals surface area (Å²) in [7, 11) is 1.54. The molecule has 0 saturated carbocycles. The van der Waals surface area contributed by atoms with Gasteiger partial charge in [-0.15, -0.1) is 11.3 Å². The second kappa shape index (κ2) is 7.56. The number of carbonyl (C=O) groups excluding carboxylic acids is 2. The number of nitrogens with one attached hydrogen (secondary N) is 1. The zero-order valence-corrected chi connectivity index (χ0v) is 13.8. The van der Waals surface area contributed by atoms with Crippen LogP contribution in [0, 0.1) is 0 Å². The van der Waals surface area contributed by atoms with Crippen molar-refractivity contribution in [1.82, 2.24) is 10.2 Å². The van der Waals surface area contributed by atoms with Gasteiger partial charge in [0.25, 0.3) is 5.91 Å². The van der Waals surface area contributed by atoms with E-state index in [0.717, 1.165) is 0 Å². The molecule has 2 rings (SSSR count). The van der Waals surface area contributed by atoms with Crippen molar-refractivity contribution in [2.45, 2.75) is 38.0 Å². The Kier molecular flexibility index (Phi) is 5.73. The van der Waals surface area contributed by atoms with Gasteiger partial charge in [0.2, 0.25) is 5.91 Å². The molecule has 3 atom stereocenters. The van der Waals surface area contributed by atoms with Crippen LogP contribution in [0.2, 0.25) is 0 Å². The van der Waals surface area contributed by atoms with Crippen LogP contribution in [0.15, 0.2) is 17.5 Å². The Morgan fingerprint density at radius 1 is 1.52 bits per heavy atom. The lowest BCUT2D eigenvalue weighted by molar-refractivity contribution is -0.140. The molecule has 0 aromatic carbocycles. The third kappa shape index (κ3) is 4.29. The maximum Gasteiger partial charge on any atom is 0.305 e. The molecule has 1 aliphatic heterocycles. The largest absolute Gasteiger partial charge is 0.481 e. The molecule has 1 aromatic rings. The van der Waals surface area contributed by atoms with E-state index in [1.165, 1.54) is 16.2 Å². The Bertz CT molecular complexity index is 574. The monoisotopic (exact) mass is 340 g/mol. The van der Waals surface area contributed by atoms with E-state index in [2.05, 4.69) is 5.32 Å². The van der Waals surface area contributed by atoms with Crippen molar-refractivity contribution < 1.29 is 24.2 Å². The first-order valence-electron chi connectivity index (χ1n) is 7.31. The molecule has 23 heavy (non-hydrogen) atoms. The van der Waals surface area contributed by atoms with Crippen LogP contribution >= 0.6 is 11.3 Å². The summed E-state index contributed by atoms with van der Waals surface area (Å²) in [6, 6.07) is 2.31. The predicted octanol–water partition coefficient (Wildman–Crippen LogP) is 0.957. The number of methoxy groups -OCH3 is 1. The highest BCUT2D eigenvalue weighted by Gasteiger charge is 2.38. The van der Waals surface area contributed by atoms with Crippen LogP contribution in [0.5, 0.6) is 0 Å². The van der Waals surface area contributed by atoms with Crippen LogP contribution in [-0.2, 0) is 14.3 Å². The Balaban J connectivity index is 2.01.